The highest BCUT2D eigenvalue weighted by Crippen LogP contribution is 2.41. The quantitative estimate of drug-likeness (QED) is 0.188. The van der Waals surface area contributed by atoms with E-state index in [4.69, 9.17) is 0 Å². The summed E-state index contributed by atoms with van der Waals surface area (Å²) in [5, 5.41) is 0. The van der Waals surface area contributed by atoms with Gasteiger partial charge in [-0.1, -0.05) is 60.7 Å². The Bertz CT molecular complexity index is 1860. The smallest absolute Gasteiger partial charge is 0.0467 e. The van der Waals surface area contributed by atoms with Gasteiger partial charge >= 0.3 is 0 Å². The topological polar surface area (TPSA) is 6.48 Å². The first-order chi connectivity index (χ1) is 21.3. The number of nitrogens with zero attached hydrogens (tertiary/aromatic N) is 2. The Morgan fingerprint density at radius 3 is 1.05 bits per heavy atom. The molecule has 0 fully saturated rings. The van der Waals surface area contributed by atoms with Crippen LogP contribution >= 0.6 is 0 Å². The molecule has 0 atom stereocenters. The van der Waals surface area contributed by atoms with Gasteiger partial charge in [0.05, 0.1) is 0 Å². The number of benzene rings is 6. The molecule has 2 heteroatoms. The van der Waals surface area contributed by atoms with E-state index in [2.05, 4.69) is 185 Å². The molecule has 0 amide bonds. The summed E-state index contributed by atoms with van der Waals surface area (Å²) >= 11 is 0. The van der Waals surface area contributed by atoms with Crippen LogP contribution in [0, 0.1) is 41.5 Å². The second kappa shape index (κ2) is 12.3. The lowest BCUT2D eigenvalue weighted by Crippen LogP contribution is -2.11. The number of hydrogen-bond donors (Lipinski definition) is 0. The molecule has 0 unspecified atom stereocenters. The van der Waals surface area contributed by atoms with E-state index in [0.717, 1.165) is 34.1 Å². The Labute approximate surface area is 262 Å². The molecule has 0 aliphatic carbocycles. The van der Waals surface area contributed by atoms with Gasteiger partial charge in [0.15, 0.2) is 0 Å². The van der Waals surface area contributed by atoms with E-state index in [9.17, 15) is 0 Å². The van der Waals surface area contributed by atoms with Crippen molar-refractivity contribution in [3.8, 4) is 11.1 Å². The maximum absolute atomic E-state index is 2.36. The summed E-state index contributed by atoms with van der Waals surface area (Å²) in [6.45, 7) is 13.1. The normalized spacial score (nSPS) is 11.0. The van der Waals surface area contributed by atoms with E-state index in [-0.39, 0.29) is 0 Å². The van der Waals surface area contributed by atoms with Crippen molar-refractivity contribution in [3.05, 3.63) is 167 Å². The van der Waals surface area contributed by atoms with Crippen LogP contribution in [-0.2, 0) is 0 Å². The fourth-order valence-electron chi connectivity index (χ4n) is 6.09. The third kappa shape index (κ3) is 6.02. The summed E-state index contributed by atoms with van der Waals surface area (Å²) in [7, 11) is 0. The highest BCUT2D eigenvalue weighted by Gasteiger charge is 2.18. The van der Waals surface area contributed by atoms with E-state index in [1.165, 1.54) is 44.5 Å². The molecular weight excluding hydrogens is 532 g/mol. The maximum atomic E-state index is 2.36. The molecule has 0 bridgehead atoms. The summed E-state index contributed by atoms with van der Waals surface area (Å²) in [6.07, 6.45) is 0. The first-order valence-electron chi connectivity index (χ1n) is 15.4. The van der Waals surface area contributed by atoms with Crippen LogP contribution in [0.2, 0.25) is 0 Å². The molecule has 0 aliphatic heterocycles. The van der Waals surface area contributed by atoms with Crippen LogP contribution in [0.5, 0.6) is 0 Å². The zero-order chi connectivity index (χ0) is 30.8. The van der Waals surface area contributed by atoms with Crippen molar-refractivity contribution in [1.29, 1.82) is 0 Å². The molecule has 0 saturated heterocycles. The van der Waals surface area contributed by atoms with Gasteiger partial charge in [-0.2, -0.15) is 0 Å². The SMILES string of the molecule is Cc1cccc(N(c2cccc(C)c2)c2ccc(-c3cc(N(c4cccc(C)c4)c4cccc(C)c4)ccc3C)c(C)c2)c1. The van der Waals surface area contributed by atoms with Crippen LogP contribution in [0.3, 0.4) is 0 Å². The van der Waals surface area contributed by atoms with Gasteiger partial charge in [-0.15, -0.1) is 0 Å². The van der Waals surface area contributed by atoms with E-state index in [0.29, 0.717) is 0 Å². The predicted molar refractivity (Wildman–Crippen MR) is 190 cm³/mol. The number of aryl methyl sites for hydroxylation is 6. The molecule has 6 aromatic carbocycles. The summed E-state index contributed by atoms with van der Waals surface area (Å²) in [5.74, 6) is 0. The summed E-state index contributed by atoms with van der Waals surface area (Å²) in [5.41, 5.74) is 16.9. The lowest BCUT2D eigenvalue weighted by Gasteiger charge is -2.28. The van der Waals surface area contributed by atoms with Crippen LogP contribution in [0.15, 0.2) is 133 Å². The fourth-order valence-corrected chi connectivity index (χ4v) is 6.09. The molecule has 0 aromatic heterocycles. The molecule has 6 rings (SSSR count). The van der Waals surface area contributed by atoms with Crippen LogP contribution in [0.1, 0.15) is 33.4 Å². The summed E-state index contributed by atoms with van der Waals surface area (Å²) < 4.78 is 0. The highest BCUT2D eigenvalue weighted by atomic mass is 15.1. The Morgan fingerprint density at radius 2 is 0.659 bits per heavy atom. The number of anilines is 6. The molecule has 6 aromatic rings. The Balaban J connectivity index is 1.46. The molecule has 2 nitrogen and oxygen atoms in total. The largest absolute Gasteiger partial charge is 0.310 e. The van der Waals surface area contributed by atoms with Crippen molar-refractivity contribution in [2.45, 2.75) is 41.5 Å². The monoisotopic (exact) mass is 572 g/mol. The molecule has 218 valence electrons. The standard InChI is InChI=1S/C42H40N2/c1-29-11-7-15-35(23-29)43(36-16-8-12-30(2)24-36)39-21-22-41(34(6)27-39)42-28-40(20-19-33(42)5)44(37-17-9-13-31(3)25-37)38-18-10-14-32(4)26-38/h7-28H,1-6H3. The molecule has 0 saturated carbocycles. The molecule has 0 heterocycles. The van der Waals surface area contributed by atoms with Crippen molar-refractivity contribution >= 4 is 34.1 Å². The van der Waals surface area contributed by atoms with Crippen LogP contribution < -0.4 is 9.80 Å². The molecular formula is C42H40N2. The molecule has 0 spiro atoms. The Morgan fingerprint density at radius 1 is 0.295 bits per heavy atom. The minimum atomic E-state index is 1.14. The zero-order valence-corrected chi connectivity index (χ0v) is 26.6. The lowest BCUT2D eigenvalue weighted by molar-refractivity contribution is 1.24. The van der Waals surface area contributed by atoms with E-state index in [1.54, 1.807) is 0 Å². The maximum Gasteiger partial charge on any atom is 0.0467 e. The van der Waals surface area contributed by atoms with Crippen molar-refractivity contribution in [2.75, 3.05) is 9.80 Å². The van der Waals surface area contributed by atoms with E-state index < -0.39 is 0 Å². The lowest BCUT2D eigenvalue weighted by atomic mass is 9.94. The minimum Gasteiger partial charge on any atom is -0.310 e. The second-order valence-corrected chi connectivity index (χ2v) is 12.0. The summed E-state index contributed by atoms with van der Waals surface area (Å²) in [6, 6.07) is 48.7. The van der Waals surface area contributed by atoms with Gasteiger partial charge in [0.2, 0.25) is 0 Å². The number of rotatable bonds is 7. The first kappa shape index (κ1) is 29.0. The Kier molecular flexibility index (Phi) is 8.09. The van der Waals surface area contributed by atoms with Crippen LogP contribution in [-0.4, -0.2) is 0 Å². The third-order valence-corrected chi connectivity index (χ3v) is 8.28. The predicted octanol–water partition coefficient (Wildman–Crippen LogP) is 12.1. The van der Waals surface area contributed by atoms with Gasteiger partial charge in [0.25, 0.3) is 0 Å². The van der Waals surface area contributed by atoms with Crippen molar-refractivity contribution < 1.29 is 0 Å². The number of hydrogen-bond acceptors (Lipinski definition) is 2. The van der Waals surface area contributed by atoms with E-state index in [1.807, 2.05) is 0 Å². The molecule has 0 radical (unpaired) electrons. The van der Waals surface area contributed by atoms with Gasteiger partial charge in [0.1, 0.15) is 0 Å². The molecule has 0 aliphatic rings. The second-order valence-electron chi connectivity index (χ2n) is 12.0. The van der Waals surface area contributed by atoms with Crippen LogP contribution in [0.25, 0.3) is 11.1 Å². The van der Waals surface area contributed by atoms with Crippen LogP contribution in [0.4, 0.5) is 34.1 Å². The van der Waals surface area contributed by atoms with Crippen molar-refractivity contribution in [2.24, 2.45) is 0 Å². The van der Waals surface area contributed by atoms with Gasteiger partial charge < -0.3 is 9.80 Å². The molecule has 44 heavy (non-hydrogen) atoms. The van der Waals surface area contributed by atoms with Gasteiger partial charge in [0, 0.05) is 34.1 Å². The van der Waals surface area contributed by atoms with Crippen molar-refractivity contribution in [3.63, 3.8) is 0 Å². The van der Waals surface area contributed by atoms with Gasteiger partial charge in [-0.05, 0) is 159 Å². The minimum absolute atomic E-state index is 1.14. The summed E-state index contributed by atoms with van der Waals surface area (Å²) in [4.78, 5) is 4.72. The average molecular weight is 573 g/mol. The van der Waals surface area contributed by atoms with Crippen molar-refractivity contribution in [1.82, 2.24) is 0 Å². The molecule has 0 N–H and O–H groups in total. The fraction of sp³-hybridized carbons (Fsp3) is 0.143. The average Bonchev–Trinajstić information content (AvgIpc) is 2.99. The zero-order valence-electron chi connectivity index (χ0n) is 26.6. The highest BCUT2D eigenvalue weighted by molar-refractivity contribution is 5.84. The third-order valence-electron chi connectivity index (χ3n) is 8.28. The van der Waals surface area contributed by atoms with Gasteiger partial charge in [-0.3, -0.25) is 0 Å². The van der Waals surface area contributed by atoms with Gasteiger partial charge in [-0.25, -0.2) is 0 Å². The Hall–Kier alpha value is -5.08. The first-order valence-corrected chi connectivity index (χ1v) is 15.4. The van der Waals surface area contributed by atoms with E-state index >= 15 is 0 Å².